The lowest BCUT2D eigenvalue weighted by molar-refractivity contribution is 0.0893. The molecule has 0 radical (unpaired) electrons. The molecule has 2 aromatic rings. The summed E-state index contributed by atoms with van der Waals surface area (Å²) >= 11 is 6.11. The second kappa shape index (κ2) is 13.0. The van der Waals surface area contributed by atoms with Gasteiger partial charge in [0.25, 0.3) is 5.91 Å². The Kier molecular flexibility index (Phi) is 9.21. The van der Waals surface area contributed by atoms with Gasteiger partial charge in [-0.15, -0.1) is 0 Å². The topological polar surface area (TPSA) is 111 Å². The fraction of sp³-hybridized carbons (Fsp3) is 0.600. The first-order valence-corrected chi connectivity index (χ1v) is 14.8. The molecule has 8 nitrogen and oxygen atoms in total. The SMILES string of the molecule is N#Cc1ccc(OC2CCC(NC(=O)c3cnc(N4CCC(CC5CCC(O)CC5)CC4)nc3)CC2)cc1Cl. The zero-order valence-electron chi connectivity index (χ0n) is 22.4. The normalized spacial score (nSPS) is 26.0. The summed E-state index contributed by atoms with van der Waals surface area (Å²) in [5.74, 6) is 2.74. The smallest absolute Gasteiger partial charge is 0.254 e. The maximum atomic E-state index is 12.8. The summed E-state index contributed by atoms with van der Waals surface area (Å²) in [5, 5.41) is 22.3. The van der Waals surface area contributed by atoms with Crippen LogP contribution >= 0.6 is 11.6 Å². The van der Waals surface area contributed by atoms with Crippen LogP contribution in [0.5, 0.6) is 5.75 Å². The average Bonchev–Trinajstić information content (AvgIpc) is 2.96. The minimum Gasteiger partial charge on any atom is -0.490 e. The number of amides is 1. The van der Waals surface area contributed by atoms with Crippen molar-refractivity contribution in [2.75, 3.05) is 18.0 Å². The summed E-state index contributed by atoms with van der Waals surface area (Å²) in [7, 11) is 0. The van der Waals surface area contributed by atoms with Gasteiger partial charge in [-0.2, -0.15) is 5.26 Å². The molecule has 2 N–H and O–H groups in total. The number of anilines is 1. The molecular weight excluding hydrogens is 514 g/mol. The van der Waals surface area contributed by atoms with E-state index in [1.165, 1.54) is 6.42 Å². The minimum absolute atomic E-state index is 0.0597. The van der Waals surface area contributed by atoms with Gasteiger partial charge >= 0.3 is 0 Å². The van der Waals surface area contributed by atoms with Crippen molar-refractivity contribution in [1.29, 1.82) is 5.26 Å². The summed E-state index contributed by atoms with van der Waals surface area (Å²) in [6.45, 7) is 1.90. The third-order valence-electron chi connectivity index (χ3n) is 8.65. The van der Waals surface area contributed by atoms with Gasteiger partial charge in [0.1, 0.15) is 11.8 Å². The highest BCUT2D eigenvalue weighted by molar-refractivity contribution is 6.31. The van der Waals surface area contributed by atoms with E-state index in [-0.39, 0.29) is 24.2 Å². The number of carbonyl (C=O) groups is 1. The molecule has 1 aromatic carbocycles. The highest BCUT2D eigenvalue weighted by Gasteiger charge is 2.27. The Bertz CT molecular complexity index is 1150. The maximum Gasteiger partial charge on any atom is 0.254 e. The van der Waals surface area contributed by atoms with Crippen molar-refractivity contribution in [3.63, 3.8) is 0 Å². The van der Waals surface area contributed by atoms with Gasteiger partial charge in [-0.1, -0.05) is 11.6 Å². The van der Waals surface area contributed by atoms with E-state index in [9.17, 15) is 9.90 Å². The number of nitrogens with one attached hydrogen (secondary N) is 1. The number of aliphatic hydroxyl groups is 1. The number of ether oxygens (including phenoxy) is 1. The number of benzene rings is 1. The zero-order chi connectivity index (χ0) is 27.2. The Morgan fingerprint density at radius 2 is 1.69 bits per heavy atom. The molecule has 0 bridgehead atoms. The van der Waals surface area contributed by atoms with Gasteiger partial charge in [0, 0.05) is 37.6 Å². The molecule has 0 atom stereocenters. The first-order valence-electron chi connectivity index (χ1n) is 14.4. The van der Waals surface area contributed by atoms with Gasteiger partial charge in [0.05, 0.1) is 28.4 Å². The summed E-state index contributed by atoms with van der Waals surface area (Å²) in [4.78, 5) is 24.1. The van der Waals surface area contributed by atoms with Crippen molar-refractivity contribution in [1.82, 2.24) is 15.3 Å². The van der Waals surface area contributed by atoms with Crippen molar-refractivity contribution in [3.8, 4) is 11.8 Å². The Labute approximate surface area is 235 Å². The number of halogens is 1. The molecule has 1 amide bonds. The van der Waals surface area contributed by atoms with Crippen molar-refractivity contribution < 1.29 is 14.6 Å². The Hall–Kier alpha value is -2.89. The lowest BCUT2D eigenvalue weighted by Crippen LogP contribution is -2.40. The van der Waals surface area contributed by atoms with E-state index in [2.05, 4.69) is 26.3 Å². The highest BCUT2D eigenvalue weighted by atomic mass is 35.5. The summed E-state index contributed by atoms with van der Waals surface area (Å²) < 4.78 is 6.05. The number of rotatable bonds is 7. The summed E-state index contributed by atoms with van der Waals surface area (Å²) in [6.07, 6.45) is 14.4. The standard InChI is InChI=1S/C30H38ClN5O3/c31-28-16-27(8-3-22(28)17-32)39-26-9-4-24(5-10-26)35-29(38)23-18-33-30(34-19-23)36-13-11-21(12-14-36)15-20-1-6-25(37)7-2-20/h3,8,16,18-21,24-26,37H,1-2,4-7,9-15H2,(H,35,38). The van der Waals surface area contributed by atoms with Gasteiger partial charge in [0.2, 0.25) is 5.95 Å². The van der Waals surface area contributed by atoms with E-state index < -0.39 is 0 Å². The number of nitriles is 1. The van der Waals surface area contributed by atoms with Crippen LogP contribution in [-0.2, 0) is 0 Å². The van der Waals surface area contributed by atoms with Gasteiger partial charge in [-0.05, 0) is 94.6 Å². The van der Waals surface area contributed by atoms with Crippen LogP contribution in [0.2, 0.25) is 5.02 Å². The van der Waals surface area contributed by atoms with Gasteiger partial charge < -0.3 is 20.1 Å². The number of hydrogen-bond acceptors (Lipinski definition) is 7. The van der Waals surface area contributed by atoms with Crippen LogP contribution in [0.3, 0.4) is 0 Å². The average molecular weight is 552 g/mol. The van der Waals surface area contributed by atoms with E-state index in [1.54, 1.807) is 30.6 Å². The van der Waals surface area contributed by atoms with Crippen molar-refractivity contribution in [2.45, 2.75) is 88.9 Å². The molecule has 9 heteroatoms. The Balaban J connectivity index is 1.03. The van der Waals surface area contributed by atoms with Crippen LogP contribution in [0.1, 0.15) is 86.6 Å². The van der Waals surface area contributed by atoms with E-state index in [0.29, 0.717) is 27.8 Å². The van der Waals surface area contributed by atoms with E-state index in [0.717, 1.165) is 89.1 Å². The number of carbonyl (C=O) groups excluding carboxylic acids is 1. The summed E-state index contributed by atoms with van der Waals surface area (Å²) in [6, 6.07) is 7.27. The lowest BCUT2D eigenvalue weighted by Gasteiger charge is -2.35. The number of hydrogen-bond donors (Lipinski definition) is 2. The predicted octanol–water partition coefficient (Wildman–Crippen LogP) is 5.28. The number of nitrogens with zero attached hydrogens (tertiary/aromatic N) is 4. The molecule has 0 unspecified atom stereocenters. The second-order valence-corrected chi connectivity index (χ2v) is 11.8. The first kappa shape index (κ1) is 27.7. The fourth-order valence-electron chi connectivity index (χ4n) is 6.27. The minimum atomic E-state index is -0.138. The third kappa shape index (κ3) is 7.40. The first-order chi connectivity index (χ1) is 19.0. The largest absolute Gasteiger partial charge is 0.490 e. The summed E-state index contributed by atoms with van der Waals surface area (Å²) in [5.41, 5.74) is 0.920. The molecule has 1 aromatic heterocycles. The molecule has 1 saturated heterocycles. The van der Waals surface area contributed by atoms with Crippen LogP contribution in [0.4, 0.5) is 5.95 Å². The van der Waals surface area contributed by atoms with Crippen molar-refractivity contribution in [2.24, 2.45) is 11.8 Å². The molecule has 2 heterocycles. The fourth-order valence-corrected chi connectivity index (χ4v) is 6.48. The van der Waals surface area contributed by atoms with E-state index in [4.69, 9.17) is 21.6 Å². The number of aliphatic hydroxyl groups excluding tert-OH is 1. The van der Waals surface area contributed by atoms with Crippen LogP contribution in [0.15, 0.2) is 30.6 Å². The monoisotopic (exact) mass is 551 g/mol. The quantitative estimate of drug-likeness (QED) is 0.481. The van der Waals surface area contributed by atoms with E-state index >= 15 is 0 Å². The molecule has 39 heavy (non-hydrogen) atoms. The van der Waals surface area contributed by atoms with Crippen LogP contribution in [-0.4, -0.2) is 52.3 Å². The molecule has 3 fully saturated rings. The number of piperidine rings is 1. The third-order valence-corrected chi connectivity index (χ3v) is 8.97. The Morgan fingerprint density at radius 3 is 2.33 bits per heavy atom. The molecule has 5 rings (SSSR count). The lowest BCUT2D eigenvalue weighted by atomic mass is 9.79. The predicted molar refractivity (Wildman–Crippen MR) is 150 cm³/mol. The second-order valence-electron chi connectivity index (χ2n) is 11.4. The molecule has 3 aliphatic rings. The van der Waals surface area contributed by atoms with Crippen LogP contribution in [0.25, 0.3) is 0 Å². The highest BCUT2D eigenvalue weighted by Crippen LogP contribution is 2.33. The van der Waals surface area contributed by atoms with Crippen molar-refractivity contribution in [3.05, 3.63) is 46.7 Å². The molecule has 208 valence electrons. The van der Waals surface area contributed by atoms with Crippen LogP contribution < -0.4 is 15.0 Å². The molecule has 2 aliphatic carbocycles. The van der Waals surface area contributed by atoms with E-state index in [1.807, 2.05) is 0 Å². The molecule has 2 saturated carbocycles. The molecule has 0 spiro atoms. The molecular formula is C30H38ClN5O3. The van der Waals surface area contributed by atoms with Gasteiger partial charge in [0.15, 0.2) is 0 Å². The maximum absolute atomic E-state index is 12.8. The molecule has 1 aliphatic heterocycles. The zero-order valence-corrected chi connectivity index (χ0v) is 23.2. The van der Waals surface area contributed by atoms with Crippen molar-refractivity contribution >= 4 is 23.5 Å². The van der Waals surface area contributed by atoms with Gasteiger partial charge in [-0.3, -0.25) is 4.79 Å². The van der Waals surface area contributed by atoms with Gasteiger partial charge in [-0.25, -0.2) is 9.97 Å². The number of aromatic nitrogens is 2. The Morgan fingerprint density at radius 1 is 1.03 bits per heavy atom. The van der Waals surface area contributed by atoms with Crippen LogP contribution in [0, 0.1) is 23.2 Å².